The van der Waals surface area contributed by atoms with Crippen LogP contribution in [0.5, 0.6) is 0 Å². The summed E-state index contributed by atoms with van der Waals surface area (Å²) in [6.07, 6.45) is 0. The lowest BCUT2D eigenvalue weighted by atomic mass is 10.4. The highest BCUT2D eigenvalue weighted by Crippen LogP contribution is 1.81. The van der Waals surface area contributed by atoms with E-state index in [0.29, 0.717) is 0 Å². The number of carbonyl (C=O) groups is 1. The number of carboxylic acid groups (broad SMARTS) is 1. The molecular weight excluding hydrogens is 80.0 g/mol. The molecule has 1 N–H and O–H groups in total. The smallest absolute Gasteiger partial charge is 0.330 e. The summed E-state index contributed by atoms with van der Waals surface area (Å²) in [7, 11) is 0. The van der Waals surface area contributed by atoms with Gasteiger partial charge in [0.1, 0.15) is 0 Å². The Kier molecular flexibility index (Phi) is 0.906. The molecule has 0 fully saturated rings. The second-order valence-corrected chi connectivity index (χ2v) is 1.07. The van der Waals surface area contributed by atoms with Crippen molar-refractivity contribution in [2.24, 2.45) is 0 Å². The summed E-state index contributed by atoms with van der Waals surface area (Å²) in [4.78, 5) is 10.0. The van der Waals surface area contributed by atoms with Crippen LogP contribution < -0.4 is 0 Å². The molecule has 0 rings (SSSR count). The number of aliphatic carboxylic acids is 1. The average molecular weight is 87.1 g/mol. The third-order valence-electron chi connectivity index (χ3n) is 0.348. The minimum Gasteiger partial charge on any atom is -0.478 e. The molecule has 0 radical (unpaired) electrons. The number of hydrogen-bond donors (Lipinski definition) is 1. The number of carboxylic acids is 1. The van der Waals surface area contributed by atoms with Crippen LogP contribution in [0, 0.1) is 0 Å². The van der Waals surface area contributed by atoms with Crippen LogP contribution in [0.4, 0.5) is 0 Å². The summed E-state index contributed by atoms with van der Waals surface area (Å²) < 4.78 is 6.03. The largest absolute Gasteiger partial charge is 0.478 e. The van der Waals surface area contributed by atoms with Crippen molar-refractivity contribution in [1.29, 1.82) is 1.43 Å². The van der Waals surface area contributed by atoms with Crippen molar-refractivity contribution < 1.29 is 9.90 Å². The minimum atomic E-state index is -0.681. The van der Waals surface area contributed by atoms with Crippen LogP contribution in [0.1, 0.15) is 6.92 Å². The molecule has 0 aliphatic heterocycles. The Morgan fingerprint density at radius 2 is 2.67 bits per heavy atom. The molecule has 0 aliphatic rings. The zero-order valence-corrected chi connectivity index (χ0v) is 3.52. The fraction of sp³-hybridized carbons (Fsp3) is 0.250. The summed E-state index contributed by atoms with van der Waals surface area (Å²) in [6, 6.07) is 0. The molecule has 6 heavy (non-hydrogen) atoms. The highest BCUT2D eigenvalue weighted by atomic mass is 16.4. The molecule has 2 nitrogen and oxygen atoms in total. The predicted molar refractivity (Wildman–Crippen MR) is 22.4 cm³/mol. The SMILES string of the molecule is [2H]OC(=O)C(=C)C. The monoisotopic (exact) mass is 87.0 g/mol. The molecule has 0 heterocycles. The van der Waals surface area contributed by atoms with E-state index >= 15 is 0 Å². The van der Waals surface area contributed by atoms with Crippen LogP contribution in [0.25, 0.3) is 1.43 Å². The van der Waals surface area contributed by atoms with Gasteiger partial charge in [-0.15, -0.1) is 0 Å². The molecular formula is C4H6O2. The van der Waals surface area contributed by atoms with Gasteiger partial charge in [-0.3, -0.25) is 0 Å². The maximum atomic E-state index is 10.0. The van der Waals surface area contributed by atoms with E-state index in [1.807, 2.05) is 0 Å². The maximum Gasteiger partial charge on any atom is 0.330 e. The Morgan fingerprint density at radius 3 is 2.67 bits per heavy atom. The van der Waals surface area contributed by atoms with Gasteiger partial charge in [0.05, 0.1) is 0 Å². The van der Waals surface area contributed by atoms with Crippen LogP contribution in [0.2, 0.25) is 0 Å². The van der Waals surface area contributed by atoms with E-state index in [2.05, 4.69) is 11.7 Å². The van der Waals surface area contributed by atoms with E-state index < -0.39 is 5.97 Å². The topological polar surface area (TPSA) is 37.3 Å². The quantitative estimate of drug-likeness (QED) is 0.477. The molecule has 0 bridgehead atoms. The molecule has 0 aromatic rings. The fourth-order valence-corrected chi connectivity index (χ4v) is 0. The normalized spacial score (nSPS) is 9.17. The second-order valence-electron chi connectivity index (χ2n) is 1.07. The molecule has 0 amide bonds. The standard InChI is InChI=1S/C4H6O2/c1-3(2)4(5)6/h1H2,2H3,(H,5,6)/i/hD. The van der Waals surface area contributed by atoms with Gasteiger partial charge in [0.25, 0.3) is 1.43 Å². The van der Waals surface area contributed by atoms with E-state index in [9.17, 15) is 4.79 Å². The lowest BCUT2D eigenvalue weighted by Crippen LogP contribution is -1.92. The molecule has 0 aliphatic carbocycles. The van der Waals surface area contributed by atoms with Crippen molar-refractivity contribution in [3.05, 3.63) is 12.2 Å². The minimum absolute atomic E-state index is 0.245. The molecule has 34 valence electrons. The lowest BCUT2D eigenvalue weighted by Gasteiger charge is -1.79. The summed E-state index contributed by atoms with van der Waals surface area (Å²) >= 11 is 0. The van der Waals surface area contributed by atoms with Crippen LogP contribution in [-0.4, -0.2) is 11.1 Å². The van der Waals surface area contributed by atoms with Gasteiger partial charge < -0.3 is 5.11 Å². The van der Waals surface area contributed by atoms with E-state index in [0.717, 1.165) is 0 Å². The van der Waals surface area contributed by atoms with Crippen LogP contribution in [0.3, 0.4) is 0 Å². The first-order chi connectivity index (χ1) is 3.18. The first-order valence-corrected chi connectivity index (χ1v) is 1.51. The van der Waals surface area contributed by atoms with E-state index in [1.165, 1.54) is 6.92 Å². The molecule has 0 aromatic heterocycles. The third kappa shape index (κ3) is 1.52. The van der Waals surface area contributed by atoms with E-state index in [4.69, 9.17) is 1.43 Å². The van der Waals surface area contributed by atoms with Crippen molar-refractivity contribution in [3.8, 4) is 0 Å². The first-order valence-electron chi connectivity index (χ1n) is 1.92. The van der Waals surface area contributed by atoms with Gasteiger partial charge in [-0.05, 0) is 6.92 Å². The van der Waals surface area contributed by atoms with Gasteiger partial charge in [0.15, 0.2) is 0 Å². The van der Waals surface area contributed by atoms with Gasteiger partial charge >= 0.3 is 5.97 Å². The van der Waals surface area contributed by atoms with Crippen molar-refractivity contribution in [1.82, 2.24) is 0 Å². The van der Waals surface area contributed by atoms with Gasteiger partial charge in [-0.25, -0.2) is 4.79 Å². The number of hydrogen-bond acceptors (Lipinski definition) is 2. The van der Waals surface area contributed by atoms with Gasteiger partial charge in [-0.2, -0.15) is 0 Å². The van der Waals surface area contributed by atoms with Crippen molar-refractivity contribution in [2.45, 2.75) is 6.92 Å². The van der Waals surface area contributed by atoms with E-state index in [1.54, 1.807) is 0 Å². The number of rotatable bonds is 1. The molecule has 0 spiro atoms. The first kappa shape index (κ1) is 3.40. The Hall–Kier alpha value is -0.790. The van der Waals surface area contributed by atoms with Crippen LogP contribution in [0.15, 0.2) is 12.2 Å². The molecule has 0 saturated carbocycles. The van der Waals surface area contributed by atoms with Crippen molar-refractivity contribution in [3.63, 3.8) is 0 Å². The lowest BCUT2D eigenvalue weighted by molar-refractivity contribution is -0.132. The van der Waals surface area contributed by atoms with Crippen LogP contribution >= 0.6 is 0 Å². The summed E-state index contributed by atoms with van der Waals surface area (Å²) in [5.74, 6) is -0.681. The molecule has 0 unspecified atom stereocenters. The highest BCUT2D eigenvalue weighted by molar-refractivity contribution is 5.84. The molecule has 0 atom stereocenters. The maximum absolute atomic E-state index is 10.0. The van der Waals surface area contributed by atoms with Gasteiger partial charge in [0, 0.05) is 5.57 Å². The zero-order valence-electron chi connectivity index (χ0n) is 4.52. The fourth-order valence-electron chi connectivity index (χ4n) is 0. The molecule has 0 aromatic carbocycles. The summed E-state index contributed by atoms with van der Waals surface area (Å²) in [5.41, 5.74) is 0.245. The molecule has 0 saturated heterocycles. The predicted octanol–water partition coefficient (Wildman–Crippen LogP) is 0.647. The van der Waals surface area contributed by atoms with E-state index in [-0.39, 0.29) is 5.57 Å². The Balaban J connectivity index is 3.58. The van der Waals surface area contributed by atoms with Crippen LogP contribution in [-0.2, 0) is 4.79 Å². The second kappa shape index (κ2) is 1.60. The Labute approximate surface area is 37.6 Å². The van der Waals surface area contributed by atoms with Crippen molar-refractivity contribution in [2.75, 3.05) is 0 Å². The third-order valence-corrected chi connectivity index (χ3v) is 0.348. The molecule has 2 heteroatoms. The summed E-state index contributed by atoms with van der Waals surface area (Å²) in [6.45, 7) is 4.71. The Bertz CT molecular complexity index is 97.9. The zero-order chi connectivity index (χ0) is 5.86. The summed E-state index contributed by atoms with van der Waals surface area (Å²) in [5, 5.41) is 3.52. The van der Waals surface area contributed by atoms with Crippen molar-refractivity contribution >= 4 is 5.97 Å². The average Bonchev–Trinajstić information content (AvgIpc) is 1.65. The van der Waals surface area contributed by atoms with Gasteiger partial charge in [0.2, 0.25) is 0 Å². The van der Waals surface area contributed by atoms with Gasteiger partial charge in [-0.1, -0.05) is 6.58 Å². The highest BCUT2D eigenvalue weighted by Gasteiger charge is 1.90. The Morgan fingerprint density at radius 1 is 2.17 bits per heavy atom.